The minimum Gasteiger partial charge on any atom is -0.483 e. The van der Waals surface area contributed by atoms with Crippen LogP contribution < -0.4 is 4.74 Å². The quantitative estimate of drug-likeness (QED) is 0.585. The molecule has 1 atom stereocenters. The number of rotatable bonds is 4. The zero-order valence-corrected chi connectivity index (χ0v) is 18.9. The SMILES string of the molecule is Cc1cccc(C)c1-c1ccnc2cc(OC(C)C(=O)N3CCCCC3)ccc12.O=CO. The van der Waals surface area contributed by atoms with Gasteiger partial charge in [-0.1, -0.05) is 18.2 Å². The zero-order valence-electron chi connectivity index (χ0n) is 18.9. The van der Waals surface area contributed by atoms with Crippen molar-refractivity contribution in [3.05, 3.63) is 59.8 Å². The number of pyridine rings is 1. The highest BCUT2D eigenvalue weighted by molar-refractivity contribution is 5.96. The van der Waals surface area contributed by atoms with Crippen LogP contribution in [0.3, 0.4) is 0 Å². The van der Waals surface area contributed by atoms with Crippen LogP contribution in [0.25, 0.3) is 22.0 Å². The Hall–Kier alpha value is -3.41. The second-order valence-electron chi connectivity index (χ2n) is 8.06. The number of carboxylic acid groups (broad SMARTS) is 1. The van der Waals surface area contributed by atoms with Gasteiger partial charge in [0.1, 0.15) is 5.75 Å². The van der Waals surface area contributed by atoms with E-state index in [0.29, 0.717) is 5.75 Å². The molecule has 1 saturated heterocycles. The average molecular weight is 435 g/mol. The van der Waals surface area contributed by atoms with Gasteiger partial charge in [0.15, 0.2) is 6.10 Å². The Bertz CT molecular complexity index is 1070. The molecule has 2 aromatic carbocycles. The predicted molar refractivity (Wildman–Crippen MR) is 126 cm³/mol. The third kappa shape index (κ3) is 5.25. The van der Waals surface area contributed by atoms with Crippen molar-refractivity contribution in [3.8, 4) is 16.9 Å². The molecule has 0 spiro atoms. The van der Waals surface area contributed by atoms with Crippen molar-refractivity contribution in [2.45, 2.75) is 46.1 Å². The molecule has 32 heavy (non-hydrogen) atoms. The maximum atomic E-state index is 12.7. The molecule has 6 heteroatoms. The van der Waals surface area contributed by atoms with Gasteiger partial charge in [0, 0.05) is 30.7 Å². The number of likely N-dealkylation sites (tertiary alicyclic amines) is 1. The van der Waals surface area contributed by atoms with Gasteiger partial charge in [0.25, 0.3) is 12.4 Å². The molecule has 1 aliphatic rings. The highest BCUT2D eigenvalue weighted by Gasteiger charge is 2.23. The Morgan fingerprint density at radius 3 is 2.41 bits per heavy atom. The molecule has 168 valence electrons. The lowest BCUT2D eigenvalue weighted by atomic mass is 9.93. The number of ether oxygens (including phenoxy) is 1. The molecule has 0 aliphatic carbocycles. The first-order chi connectivity index (χ1) is 15.5. The first kappa shape index (κ1) is 23.3. The molecule has 1 aliphatic heterocycles. The minimum atomic E-state index is -0.493. The maximum Gasteiger partial charge on any atom is 0.290 e. The average Bonchev–Trinajstić information content (AvgIpc) is 2.79. The second kappa shape index (κ2) is 10.8. The third-order valence-electron chi connectivity index (χ3n) is 5.79. The molecule has 1 N–H and O–H groups in total. The summed E-state index contributed by atoms with van der Waals surface area (Å²) in [6.07, 6.45) is 4.72. The number of carbonyl (C=O) groups is 2. The highest BCUT2D eigenvalue weighted by Crippen LogP contribution is 2.33. The minimum absolute atomic E-state index is 0.0713. The van der Waals surface area contributed by atoms with Crippen molar-refractivity contribution in [3.63, 3.8) is 0 Å². The number of hydrogen-bond donors (Lipinski definition) is 1. The van der Waals surface area contributed by atoms with E-state index in [1.807, 2.05) is 30.2 Å². The van der Waals surface area contributed by atoms with E-state index in [1.54, 1.807) is 0 Å². The van der Waals surface area contributed by atoms with E-state index in [1.165, 1.54) is 28.7 Å². The van der Waals surface area contributed by atoms with Gasteiger partial charge in [-0.25, -0.2) is 0 Å². The molecule has 0 radical (unpaired) electrons. The molecule has 3 aromatic rings. The summed E-state index contributed by atoms with van der Waals surface area (Å²) in [5, 5.41) is 7.98. The number of amides is 1. The van der Waals surface area contributed by atoms with E-state index in [9.17, 15) is 4.79 Å². The molecule has 1 unspecified atom stereocenters. The van der Waals surface area contributed by atoms with E-state index in [4.69, 9.17) is 14.6 Å². The molecule has 4 rings (SSSR count). The Balaban J connectivity index is 0.000000913. The van der Waals surface area contributed by atoms with Crippen LogP contribution in [0.1, 0.15) is 37.3 Å². The molecule has 2 heterocycles. The number of nitrogens with zero attached hydrogens (tertiary/aromatic N) is 2. The van der Waals surface area contributed by atoms with Crippen LogP contribution in [0, 0.1) is 13.8 Å². The maximum absolute atomic E-state index is 12.7. The topological polar surface area (TPSA) is 79.7 Å². The number of piperidine rings is 1. The monoisotopic (exact) mass is 434 g/mol. The Morgan fingerprint density at radius 2 is 1.75 bits per heavy atom. The number of fused-ring (bicyclic) bond motifs is 1. The number of benzene rings is 2. The predicted octanol–water partition coefficient (Wildman–Crippen LogP) is 5.00. The van der Waals surface area contributed by atoms with E-state index < -0.39 is 6.10 Å². The van der Waals surface area contributed by atoms with Gasteiger partial charge in [-0.3, -0.25) is 14.6 Å². The summed E-state index contributed by atoms with van der Waals surface area (Å²) in [5.74, 6) is 0.753. The molecular weight excluding hydrogens is 404 g/mol. The van der Waals surface area contributed by atoms with Crippen molar-refractivity contribution in [2.24, 2.45) is 0 Å². The molecule has 1 aromatic heterocycles. The fourth-order valence-electron chi connectivity index (χ4n) is 4.28. The van der Waals surface area contributed by atoms with Crippen LogP contribution >= 0.6 is 0 Å². The van der Waals surface area contributed by atoms with Crippen LogP contribution in [0.5, 0.6) is 5.75 Å². The lowest BCUT2D eigenvalue weighted by Gasteiger charge is -2.29. The van der Waals surface area contributed by atoms with Gasteiger partial charge in [-0.2, -0.15) is 0 Å². The number of hydrogen-bond acceptors (Lipinski definition) is 4. The van der Waals surface area contributed by atoms with Crippen molar-refractivity contribution in [2.75, 3.05) is 13.1 Å². The first-order valence-corrected chi connectivity index (χ1v) is 10.9. The van der Waals surface area contributed by atoms with Gasteiger partial charge in [0.05, 0.1) is 5.52 Å². The van der Waals surface area contributed by atoms with Crippen molar-refractivity contribution in [1.82, 2.24) is 9.88 Å². The van der Waals surface area contributed by atoms with Gasteiger partial charge in [-0.15, -0.1) is 0 Å². The number of aromatic nitrogens is 1. The summed E-state index contributed by atoms with van der Waals surface area (Å²) in [6, 6.07) is 14.4. The molecule has 6 nitrogen and oxygen atoms in total. The molecule has 1 amide bonds. The van der Waals surface area contributed by atoms with Gasteiger partial charge >= 0.3 is 0 Å². The number of aryl methyl sites for hydroxylation is 2. The fraction of sp³-hybridized carbons (Fsp3) is 0.346. The summed E-state index contributed by atoms with van der Waals surface area (Å²) in [6.45, 7) is 7.54. The standard InChI is InChI=1S/C25H28N2O2.CH2O2/c1-17-8-7-9-18(2)24(17)22-12-13-26-23-16-20(10-11-21(22)23)29-19(3)25(28)27-14-5-4-6-15-27;2-1-3/h7-13,16,19H,4-6,14-15H2,1-3H3;1H,(H,2,3). The molecule has 0 saturated carbocycles. The van der Waals surface area contributed by atoms with Crippen LogP contribution in [0.15, 0.2) is 48.7 Å². The van der Waals surface area contributed by atoms with E-state index >= 15 is 0 Å². The lowest BCUT2D eigenvalue weighted by Crippen LogP contribution is -2.43. The van der Waals surface area contributed by atoms with Crippen molar-refractivity contribution in [1.29, 1.82) is 0 Å². The highest BCUT2D eigenvalue weighted by atomic mass is 16.5. The van der Waals surface area contributed by atoms with Gasteiger partial charge in [0.2, 0.25) is 0 Å². The van der Waals surface area contributed by atoms with Crippen molar-refractivity contribution < 1.29 is 19.4 Å². The third-order valence-corrected chi connectivity index (χ3v) is 5.79. The second-order valence-corrected chi connectivity index (χ2v) is 8.06. The van der Waals surface area contributed by atoms with Crippen LogP contribution in [0.2, 0.25) is 0 Å². The zero-order chi connectivity index (χ0) is 23.1. The van der Waals surface area contributed by atoms with Crippen LogP contribution in [-0.4, -0.2) is 46.6 Å². The number of carbonyl (C=O) groups excluding carboxylic acids is 1. The summed E-state index contributed by atoms with van der Waals surface area (Å²) in [5.41, 5.74) is 5.80. The summed E-state index contributed by atoms with van der Waals surface area (Å²) in [7, 11) is 0. The normalized spacial score (nSPS) is 14.3. The molecule has 1 fully saturated rings. The lowest BCUT2D eigenvalue weighted by molar-refractivity contribution is -0.138. The Kier molecular flexibility index (Phi) is 7.82. The molecular formula is C26H30N2O4. The summed E-state index contributed by atoms with van der Waals surface area (Å²) in [4.78, 5) is 27.5. The Labute approximate surface area is 188 Å². The summed E-state index contributed by atoms with van der Waals surface area (Å²) < 4.78 is 6.00. The summed E-state index contributed by atoms with van der Waals surface area (Å²) >= 11 is 0. The largest absolute Gasteiger partial charge is 0.483 e. The van der Waals surface area contributed by atoms with Crippen LogP contribution in [0.4, 0.5) is 0 Å². The smallest absolute Gasteiger partial charge is 0.290 e. The van der Waals surface area contributed by atoms with E-state index in [0.717, 1.165) is 36.8 Å². The van der Waals surface area contributed by atoms with E-state index in [-0.39, 0.29) is 12.4 Å². The molecule has 0 bridgehead atoms. The van der Waals surface area contributed by atoms with Gasteiger partial charge < -0.3 is 14.7 Å². The van der Waals surface area contributed by atoms with Crippen LogP contribution in [-0.2, 0) is 9.59 Å². The first-order valence-electron chi connectivity index (χ1n) is 10.9. The fourth-order valence-corrected chi connectivity index (χ4v) is 4.28. The van der Waals surface area contributed by atoms with E-state index in [2.05, 4.69) is 49.2 Å². The Morgan fingerprint density at radius 1 is 1.09 bits per heavy atom. The van der Waals surface area contributed by atoms with Crippen molar-refractivity contribution >= 4 is 23.3 Å². The van der Waals surface area contributed by atoms with Gasteiger partial charge in [-0.05, 0) is 80.5 Å².